The SMILES string of the molecule is O=[N+]([O-])c1cccnc1SCCCNc1ncccn1. The number of nitrogens with zero attached hydrogens (tertiary/aromatic N) is 4. The van der Waals surface area contributed by atoms with Gasteiger partial charge in [0.05, 0.1) is 4.92 Å². The van der Waals surface area contributed by atoms with Gasteiger partial charge in [0.15, 0.2) is 5.03 Å². The van der Waals surface area contributed by atoms with Gasteiger partial charge < -0.3 is 5.32 Å². The van der Waals surface area contributed by atoms with Gasteiger partial charge in [0, 0.05) is 37.0 Å². The Morgan fingerprint density at radius 3 is 2.70 bits per heavy atom. The summed E-state index contributed by atoms with van der Waals surface area (Å²) in [5.41, 5.74) is 0.0526. The van der Waals surface area contributed by atoms with Gasteiger partial charge in [-0.05, 0) is 18.6 Å². The minimum Gasteiger partial charge on any atom is -0.354 e. The average Bonchev–Trinajstić information content (AvgIpc) is 2.48. The molecule has 0 aromatic carbocycles. The van der Waals surface area contributed by atoms with Crippen molar-refractivity contribution in [3.8, 4) is 0 Å². The van der Waals surface area contributed by atoms with Crippen LogP contribution in [0.2, 0.25) is 0 Å². The van der Waals surface area contributed by atoms with Gasteiger partial charge in [0.25, 0.3) is 0 Å². The highest BCUT2D eigenvalue weighted by molar-refractivity contribution is 7.99. The van der Waals surface area contributed by atoms with Gasteiger partial charge in [-0.3, -0.25) is 10.1 Å². The molecule has 0 saturated carbocycles. The lowest BCUT2D eigenvalue weighted by atomic mass is 10.4. The quantitative estimate of drug-likeness (QED) is 0.362. The monoisotopic (exact) mass is 291 g/mol. The molecular formula is C12H13N5O2S. The third-order valence-corrected chi connectivity index (χ3v) is 3.44. The average molecular weight is 291 g/mol. The van der Waals surface area contributed by atoms with Crippen molar-refractivity contribution in [3.63, 3.8) is 0 Å². The number of anilines is 1. The molecule has 0 aliphatic carbocycles. The van der Waals surface area contributed by atoms with Crippen molar-refractivity contribution in [3.05, 3.63) is 46.9 Å². The van der Waals surface area contributed by atoms with Crippen molar-refractivity contribution in [1.82, 2.24) is 15.0 Å². The Balaban J connectivity index is 1.75. The molecule has 0 amide bonds. The zero-order valence-electron chi connectivity index (χ0n) is 10.6. The van der Waals surface area contributed by atoms with E-state index in [2.05, 4.69) is 20.3 Å². The second kappa shape index (κ2) is 7.39. The maximum absolute atomic E-state index is 10.8. The van der Waals surface area contributed by atoms with Crippen LogP contribution in [0, 0.1) is 10.1 Å². The van der Waals surface area contributed by atoms with Gasteiger partial charge >= 0.3 is 5.69 Å². The summed E-state index contributed by atoms with van der Waals surface area (Å²) in [6, 6.07) is 4.78. The molecule has 2 aromatic heterocycles. The van der Waals surface area contributed by atoms with Gasteiger partial charge in [-0.1, -0.05) is 11.8 Å². The molecule has 0 aliphatic rings. The Kier molecular flexibility index (Phi) is 5.24. The van der Waals surface area contributed by atoms with Crippen molar-refractivity contribution >= 4 is 23.4 Å². The van der Waals surface area contributed by atoms with E-state index in [-0.39, 0.29) is 5.69 Å². The molecule has 20 heavy (non-hydrogen) atoms. The molecule has 2 heterocycles. The summed E-state index contributed by atoms with van der Waals surface area (Å²) in [6.07, 6.45) is 5.73. The molecule has 0 radical (unpaired) electrons. The first-order chi connectivity index (χ1) is 9.77. The molecule has 8 heteroatoms. The first kappa shape index (κ1) is 14.2. The highest BCUT2D eigenvalue weighted by Crippen LogP contribution is 2.26. The fourth-order valence-corrected chi connectivity index (χ4v) is 2.37. The topological polar surface area (TPSA) is 93.8 Å². The van der Waals surface area contributed by atoms with Crippen molar-refractivity contribution in [2.45, 2.75) is 11.4 Å². The minimum absolute atomic E-state index is 0.0526. The van der Waals surface area contributed by atoms with E-state index >= 15 is 0 Å². The minimum atomic E-state index is -0.411. The summed E-state index contributed by atoms with van der Waals surface area (Å²) in [4.78, 5) is 22.5. The van der Waals surface area contributed by atoms with Crippen LogP contribution in [0.5, 0.6) is 0 Å². The maximum Gasteiger partial charge on any atom is 0.301 e. The molecule has 0 bridgehead atoms. The standard InChI is InChI=1S/C12H13N5O2S/c18-17(19)10-4-1-5-13-11(10)20-9-3-8-16-12-14-6-2-7-15-12/h1-2,4-7H,3,8-9H2,(H,14,15,16). The number of aromatic nitrogens is 3. The van der Waals surface area contributed by atoms with E-state index in [0.717, 1.165) is 12.2 Å². The van der Waals surface area contributed by atoms with Crippen molar-refractivity contribution in [2.75, 3.05) is 17.6 Å². The smallest absolute Gasteiger partial charge is 0.301 e. The zero-order valence-corrected chi connectivity index (χ0v) is 11.4. The van der Waals surface area contributed by atoms with Crippen LogP contribution < -0.4 is 5.32 Å². The predicted molar refractivity (Wildman–Crippen MR) is 76.8 cm³/mol. The van der Waals surface area contributed by atoms with Crippen LogP contribution in [0.1, 0.15) is 6.42 Å². The summed E-state index contributed by atoms with van der Waals surface area (Å²) < 4.78 is 0. The van der Waals surface area contributed by atoms with E-state index < -0.39 is 4.92 Å². The lowest BCUT2D eigenvalue weighted by molar-refractivity contribution is -0.388. The largest absolute Gasteiger partial charge is 0.354 e. The zero-order chi connectivity index (χ0) is 14.2. The van der Waals surface area contributed by atoms with E-state index in [1.165, 1.54) is 17.8 Å². The number of thioether (sulfide) groups is 1. The molecule has 1 N–H and O–H groups in total. The Morgan fingerprint density at radius 2 is 1.95 bits per heavy atom. The molecule has 0 fully saturated rings. The van der Waals surface area contributed by atoms with Gasteiger partial charge in [0.1, 0.15) is 0 Å². The first-order valence-corrected chi connectivity index (χ1v) is 6.99. The fourth-order valence-electron chi connectivity index (χ4n) is 1.46. The van der Waals surface area contributed by atoms with Crippen LogP contribution in [-0.2, 0) is 0 Å². The number of hydrogen-bond donors (Lipinski definition) is 1. The summed E-state index contributed by atoms with van der Waals surface area (Å²) in [5, 5.41) is 14.3. The Bertz CT molecular complexity index is 567. The second-order valence-electron chi connectivity index (χ2n) is 3.79. The molecule has 104 valence electrons. The van der Waals surface area contributed by atoms with E-state index in [9.17, 15) is 10.1 Å². The van der Waals surface area contributed by atoms with Crippen LogP contribution in [0.3, 0.4) is 0 Å². The van der Waals surface area contributed by atoms with Crippen molar-refractivity contribution in [1.29, 1.82) is 0 Å². The molecule has 0 unspecified atom stereocenters. The van der Waals surface area contributed by atoms with Crippen molar-refractivity contribution in [2.24, 2.45) is 0 Å². The molecule has 0 atom stereocenters. The summed E-state index contributed by atoms with van der Waals surface area (Å²) >= 11 is 1.38. The highest BCUT2D eigenvalue weighted by Gasteiger charge is 2.13. The van der Waals surface area contributed by atoms with E-state index in [1.54, 1.807) is 30.7 Å². The number of pyridine rings is 1. The molecule has 0 saturated heterocycles. The molecule has 0 spiro atoms. The van der Waals surface area contributed by atoms with Crippen LogP contribution in [0.15, 0.2) is 41.8 Å². The lowest BCUT2D eigenvalue weighted by Crippen LogP contribution is -2.05. The number of nitrogens with one attached hydrogen (secondary N) is 1. The van der Waals surface area contributed by atoms with Gasteiger partial charge in [-0.2, -0.15) is 0 Å². The van der Waals surface area contributed by atoms with Crippen LogP contribution in [0.25, 0.3) is 0 Å². The van der Waals surface area contributed by atoms with Crippen LogP contribution in [-0.4, -0.2) is 32.2 Å². The summed E-state index contributed by atoms with van der Waals surface area (Å²) in [6.45, 7) is 0.706. The number of nitro groups is 1. The summed E-state index contributed by atoms with van der Waals surface area (Å²) in [7, 11) is 0. The third-order valence-electron chi connectivity index (χ3n) is 2.36. The van der Waals surface area contributed by atoms with Gasteiger partial charge in [-0.15, -0.1) is 0 Å². The van der Waals surface area contributed by atoms with Gasteiger partial charge in [-0.25, -0.2) is 15.0 Å². The van der Waals surface area contributed by atoms with Crippen molar-refractivity contribution < 1.29 is 4.92 Å². The summed E-state index contributed by atoms with van der Waals surface area (Å²) in [5.74, 6) is 1.32. The van der Waals surface area contributed by atoms with Crippen LogP contribution >= 0.6 is 11.8 Å². The van der Waals surface area contributed by atoms with Crippen LogP contribution in [0.4, 0.5) is 11.6 Å². The third kappa shape index (κ3) is 4.16. The predicted octanol–water partition coefficient (Wildman–Crippen LogP) is 2.37. The molecule has 2 rings (SSSR count). The molecular weight excluding hydrogens is 278 g/mol. The van der Waals surface area contributed by atoms with E-state index in [4.69, 9.17) is 0 Å². The Hall–Kier alpha value is -2.22. The number of hydrogen-bond acceptors (Lipinski definition) is 7. The fraction of sp³-hybridized carbons (Fsp3) is 0.250. The molecule has 0 aliphatic heterocycles. The van der Waals surface area contributed by atoms with E-state index in [1.807, 2.05) is 0 Å². The highest BCUT2D eigenvalue weighted by atomic mass is 32.2. The Labute approximate surface area is 120 Å². The maximum atomic E-state index is 10.8. The Morgan fingerprint density at radius 1 is 1.20 bits per heavy atom. The second-order valence-corrected chi connectivity index (χ2v) is 4.87. The van der Waals surface area contributed by atoms with Gasteiger partial charge in [0.2, 0.25) is 5.95 Å². The number of rotatable bonds is 7. The normalized spacial score (nSPS) is 10.2. The lowest BCUT2D eigenvalue weighted by Gasteiger charge is -2.04. The molecule has 2 aromatic rings. The first-order valence-electron chi connectivity index (χ1n) is 6.00. The van der Waals surface area contributed by atoms with E-state index in [0.29, 0.717) is 17.5 Å². The molecule has 7 nitrogen and oxygen atoms in total.